The van der Waals surface area contributed by atoms with Crippen LogP contribution in [0.5, 0.6) is 0 Å². The zero-order valence-corrected chi connectivity index (χ0v) is 13.1. The molecule has 0 atom stereocenters. The Morgan fingerprint density at radius 2 is 1.48 bits per heavy atom. The molecule has 0 saturated carbocycles. The molecule has 118 valence electrons. The fourth-order valence-corrected chi connectivity index (χ4v) is 2.90. The molecule has 0 fully saturated rings. The lowest BCUT2D eigenvalue weighted by molar-refractivity contribution is 0.575. The zero-order valence-electron chi connectivity index (χ0n) is 12.3. The van der Waals surface area contributed by atoms with Gasteiger partial charge in [-0.25, -0.2) is 4.72 Å². The highest BCUT2D eigenvalue weighted by atomic mass is 32.2. The van der Waals surface area contributed by atoms with Crippen molar-refractivity contribution < 1.29 is 12.8 Å². The Bertz CT molecular complexity index is 859. The number of anilines is 1. The van der Waals surface area contributed by atoms with Gasteiger partial charge in [0.05, 0.1) is 0 Å². The van der Waals surface area contributed by atoms with Gasteiger partial charge in [-0.1, -0.05) is 60.7 Å². The van der Waals surface area contributed by atoms with Gasteiger partial charge in [-0.15, -0.1) is 0 Å². The molecule has 3 aromatic rings. The first kappa shape index (κ1) is 15.3. The van der Waals surface area contributed by atoms with Crippen molar-refractivity contribution in [3.63, 3.8) is 0 Å². The Morgan fingerprint density at radius 1 is 0.826 bits per heavy atom. The summed E-state index contributed by atoms with van der Waals surface area (Å²) in [4.78, 5) is 0. The summed E-state index contributed by atoms with van der Waals surface area (Å²) in [5.74, 6) is 0.774. The molecule has 3 rings (SSSR count). The van der Waals surface area contributed by atoms with E-state index in [2.05, 4.69) is 9.44 Å². The third kappa shape index (κ3) is 4.21. The Kier molecular flexibility index (Phi) is 4.45. The smallest absolute Gasteiger partial charge is 0.301 e. The molecular weight excluding hydrogens is 312 g/mol. The van der Waals surface area contributed by atoms with E-state index in [-0.39, 0.29) is 12.4 Å². The maximum atomic E-state index is 12.0. The summed E-state index contributed by atoms with van der Waals surface area (Å²) in [6.07, 6.45) is 0. The van der Waals surface area contributed by atoms with Crippen LogP contribution in [0.3, 0.4) is 0 Å². The normalized spacial score (nSPS) is 11.3. The summed E-state index contributed by atoms with van der Waals surface area (Å²) < 4.78 is 34.4. The maximum Gasteiger partial charge on any atom is 0.301 e. The lowest BCUT2D eigenvalue weighted by Gasteiger charge is -2.07. The summed E-state index contributed by atoms with van der Waals surface area (Å²) in [6, 6.07) is 22.1. The molecule has 0 aliphatic rings. The van der Waals surface area contributed by atoms with E-state index < -0.39 is 10.2 Å². The molecule has 1 aromatic heterocycles. The average molecular weight is 328 g/mol. The predicted molar refractivity (Wildman–Crippen MR) is 90.0 cm³/mol. The van der Waals surface area contributed by atoms with Gasteiger partial charge in [0.25, 0.3) is 0 Å². The minimum absolute atomic E-state index is 0.171. The second-order valence-electron chi connectivity index (χ2n) is 4.94. The van der Waals surface area contributed by atoms with Crippen LogP contribution >= 0.6 is 0 Å². The van der Waals surface area contributed by atoms with E-state index in [0.717, 1.165) is 11.1 Å². The lowest BCUT2D eigenvalue weighted by Crippen LogP contribution is -2.29. The Morgan fingerprint density at radius 3 is 2.17 bits per heavy atom. The van der Waals surface area contributed by atoms with Crippen molar-refractivity contribution in [2.45, 2.75) is 6.54 Å². The van der Waals surface area contributed by atoms with Crippen LogP contribution in [-0.4, -0.2) is 8.42 Å². The van der Waals surface area contributed by atoms with Crippen molar-refractivity contribution >= 4 is 16.1 Å². The van der Waals surface area contributed by atoms with Crippen LogP contribution in [0, 0.1) is 0 Å². The van der Waals surface area contributed by atoms with Crippen molar-refractivity contribution in [2.24, 2.45) is 0 Å². The number of benzene rings is 2. The number of rotatable bonds is 6. The molecule has 0 aliphatic carbocycles. The first-order valence-corrected chi connectivity index (χ1v) is 8.57. The highest BCUT2D eigenvalue weighted by Crippen LogP contribution is 2.24. The molecule has 5 nitrogen and oxygen atoms in total. The summed E-state index contributed by atoms with van der Waals surface area (Å²) in [5.41, 5.74) is 1.76. The van der Waals surface area contributed by atoms with E-state index in [9.17, 15) is 8.42 Å². The second kappa shape index (κ2) is 6.68. The van der Waals surface area contributed by atoms with Gasteiger partial charge in [0.15, 0.2) is 0 Å². The molecule has 0 bridgehead atoms. The summed E-state index contributed by atoms with van der Waals surface area (Å²) in [6.45, 7) is 0.211. The molecule has 1 heterocycles. The number of nitrogens with one attached hydrogen (secondary N) is 2. The van der Waals surface area contributed by atoms with Crippen LogP contribution in [0.2, 0.25) is 0 Å². The number of furan rings is 1. The Balaban J connectivity index is 1.65. The fraction of sp³-hybridized carbons (Fsp3) is 0.0588. The topological polar surface area (TPSA) is 71.3 Å². The monoisotopic (exact) mass is 328 g/mol. The molecule has 0 aliphatic heterocycles. The quantitative estimate of drug-likeness (QED) is 0.728. The zero-order chi connectivity index (χ0) is 16.1. The van der Waals surface area contributed by atoms with E-state index in [0.29, 0.717) is 5.76 Å². The summed E-state index contributed by atoms with van der Waals surface area (Å²) >= 11 is 0. The van der Waals surface area contributed by atoms with E-state index in [4.69, 9.17) is 4.42 Å². The van der Waals surface area contributed by atoms with Crippen LogP contribution in [0.25, 0.3) is 11.3 Å². The molecule has 0 radical (unpaired) electrons. The molecule has 0 spiro atoms. The van der Waals surface area contributed by atoms with Gasteiger partial charge in [-0.2, -0.15) is 13.1 Å². The largest absolute Gasteiger partial charge is 0.440 e. The van der Waals surface area contributed by atoms with Gasteiger partial charge >= 0.3 is 10.2 Å². The third-order valence-corrected chi connectivity index (χ3v) is 4.20. The van der Waals surface area contributed by atoms with Gasteiger partial charge in [-0.05, 0) is 11.6 Å². The van der Waals surface area contributed by atoms with Crippen molar-refractivity contribution in [3.8, 4) is 11.3 Å². The molecule has 0 saturated heterocycles. The fourth-order valence-electron chi connectivity index (χ4n) is 2.09. The van der Waals surface area contributed by atoms with E-state index in [1.54, 1.807) is 12.1 Å². The molecule has 0 unspecified atom stereocenters. The van der Waals surface area contributed by atoms with Crippen LogP contribution in [0.15, 0.2) is 77.2 Å². The van der Waals surface area contributed by atoms with Crippen LogP contribution < -0.4 is 9.44 Å². The second-order valence-corrected chi connectivity index (χ2v) is 6.44. The average Bonchev–Trinajstić information content (AvgIpc) is 3.03. The van der Waals surface area contributed by atoms with Crippen molar-refractivity contribution in [2.75, 3.05) is 4.72 Å². The molecule has 2 aromatic carbocycles. The van der Waals surface area contributed by atoms with E-state index in [1.165, 1.54) is 0 Å². The first-order chi connectivity index (χ1) is 11.1. The highest BCUT2D eigenvalue weighted by molar-refractivity contribution is 7.90. The maximum absolute atomic E-state index is 12.0. The van der Waals surface area contributed by atoms with Crippen molar-refractivity contribution in [3.05, 3.63) is 78.4 Å². The van der Waals surface area contributed by atoms with Gasteiger partial charge in [0.1, 0.15) is 5.76 Å². The molecule has 6 heteroatoms. The Hall–Kier alpha value is -2.57. The van der Waals surface area contributed by atoms with Gasteiger partial charge in [0, 0.05) is 18.2 Å². The van der Waals surface area contributed by atoms with Crippen LogP contribution in [0.1, 0.15) is 5.56 Å². The molecule has 0 amide bonds. The van der Waals surface area contributed by atoms with Crippen molar-refractivity contribution in [1.82, 2.24) is 4.72 Å². The highest BCUT2D eigenvalue weighted by Gasteiger charge is 2.12. The lowest BCUT2D eigenvalue weighted by atomic mass is 10.2. The van der Waals surface area contributed by atoms with Crippen LogP contribution in [0.4, 0.5) is 5.88 Å². The molecular formula is C17H16N2O3S. The minimum atomic E-state index is -3.70. The third-order valence-electron chi connectivity index (χ3n) is 3.21. The predicted octanol–water partition coefficient (Wildman–Crippen LogP) is 3.39. The van der Waals surface area contributed by atoms with Gasteiger partial charge < -0.3 is 4.42 Å². The standard InChI is InChI=1S/C17H16N2O3S/c20-23(21,18-13-14-7-3-1-4-8-14)19-17-12-11-16(22-17)15-9-5-2-6-10-15/h1-12,18-19H,13H2. The van der Waals surface area contributed by atoms with Crippen molar-refractivity contribution in [1.29, 1.82) is 0 Å². The SMILES string of the molecule is O=S(=O)(NCc1ccccc1)Nc1ccc(-c2ccccc2)o1. The van der Waals surface area contributed by atoms with Gasteiger partial charge in [-0.3, -0.25) is 0 Å². The Labute approximate surface area is 135 Å². The minimum Gasteiger partial charge on any atom is -0.440 e. The number of hydrogen-bond donors (Lipinski definition) is 2. The van der Waals surface area contributed by atoms with E-state index >= 15 is 0 Å². The summed E-state index contributed by atoms with van der Waals surface area (Å²) in [5, 5.41) is 0. The number of hydrogen-bond acceptors (Lipinski definition) is 3. The first-order valence-electron chi connectivity index (χ1n) is 7.09. The van der Waals surface area contributed by atoms with E-state index in [1.807, 2.05) is 60.7 Å². The van der Waals surface area contributed by atoms with Crippen LogP contribution in [-0.2, 0) is 16.8 Å². The molecule has 23 heavy (non-hydrogen) atoms. The molecule has 2 N–H and O–H groups in total. The van der Waals surface area contributed by atoms with Gasteiger partial charge in [0.2, 0.25) is 5.88 Å². The summed E-state index contributed by atoms with van der Waals surface area (Å²) in [7, 11) is -3.70.